The van der Waals surface area contributed by atoms with E-state index in [-0.39, 0.29) is 10.9 Å². The average molecular weight is 365 g/mol. The van der Waals surface area contributed by atoms with Gasteiger partial charge in [0.2, 0.25) is 10.0 Å². The monoisotopic (exact) mass is 365 g/mol. The third-order valence-electron chi connectivity index (χ3n) is 4.24. The topological polar surface area (TPSA) is 96.2 Å². The molecule has 3 heterocycles. The van der Waals surface area contributed by atoms with Gasteiger partial charge in [-0.05, 0) is 12.8 Å². The lowest BCUT2D eigenvalue weighted by Crippen LogP contribution is -2.42. The molecule has 1 saturated heterocycles. The quantitative estimate of drug-likeness (QED) is 0.826. The number of nitrogens with one attached hydrogen (secondary N) is 1. The molecule has 1 fully saturated rings. The minimum atomic E-state index is -3.47. The Kier molecular flexibility index (Phi) is 4.91. The van der Waals surface area contributed by atoms with Crippen LogP contribution in [-0.2, 0) is 17.1 Å². The Labute approximate surface area is 147 Å². The fraction of sp³-hybridized carbons (Fsp3) is 0.533. The van der Waals surface area contributed by atoms with Crippen molar-refractivity contribution in [2.45, 2.75) is 23.8 Å². The molecule has 0 atom stereocenters. The molecular weight excluding hydrogens is 342 g/mol. The highest BCUT2D eigenvalue weighted by Gasteiger charge is 2.30. The number of hydrogen-bond donors (Lipinski definition) is 1. The molecular formula is C15H23N7O2S. The van der Waals surface area contributed by atoms with E-state index in [9.17, 15) is 8.42 Å². The second-order valence-corrected chi connectivity index (χ2v) is 8.27. The van der Waals surface area contributed by atoms with E-state index in [0.29, 0.717) is 13.1 Å². The van der Waals surface area contributed by atoms with Crippen molar-refractivity contribution in [3.8, 4) is 0 Å². The molecule has 25 heavy (non-hydrogen) atoms. The molecule has 3 rings (SSSR count). The van der Waals surface area contributed by atoms with E-state index in [1.54, 1.807) is 7.05 Å². The zero-order valence-corrected chi connectivity index (χ0v) is 15.4. The highest BCUT2D eigenvalue weighted by atomic mass is 32.2. The SMILES string of the molecule is CN(C)c1cc(NC2CCN(S(=O)(=O)c3cnn(C)c3)CC2)ncn1. The van der Waals surface area contributed by atoms with Crippen LogP contribution in [0.15, 0.2) is 29.7 Å². The Morgan fingerprint density at radius 1 is 1.24 bits per heavy atom. The summed E-state index contributed by atoms with van der Waals surface area (Å²) in [6.45, 7) is 0.945. The van der Waals surface area contributed by atoms with Crippen LogP contribution in [0.3, 0.4) is 0 Å². The molecule has 2 aromatic heterocycles. The summed E-state index contributed by atoms with van der Waals surface area (Å²) in [4.78, 5) is 10.6. The standard InChI is InChI=1S/C15H23N7O2S/c1-20(2)15-8-14(16-11-17-15)19-12-4-6-22(7-5-12)25(23,24)13-9-18-21(3)10-13/h8-12H,4-7H2,1-3H3,(H,16,17,19). The molecule has 0 saturated carbocycles. The molecule has 1 N–H and O–H groups in total. The first kappa shape index (κ1) is 17.6. The van der Waals surface area contributed by atoms with Gasteiger partial charge in [-0.2, -0.15) is 9.40 Å². The van der Waals surface area contributed by atoms with Crippen LogP contribution in [0.1, 0.15) is 12.8 Å². The van der Waals surface area contributed by atoms with Crippen LogP contribution in [-0.4, -0.2) is 65.7 Å². The zero-order valence-electron chi connectivity index (χ0n) is 14.6. The molecule has 2 aromatic rings. The van der Waals surface area contributed by atoms with E-state index in [1.165, 1.54) is 27.7 Å². The van der Waals surface area contributed by atoms with Crippen LogP contribution < -0.4 is 10.2 Å². The molecule has 136 valence electrons. The lowest BCUT2D eigenvalue weighted by molar-refractivity contribution is 0.329. The zero-order chi connectivity index (χ0) is 18.0. The minimum absolute atomic E-state index is 0.185. The third-order valence-corrected chi connectivity index (χ3v) is 6.09. The summed E-state index contributed by atoms with van der Waals surface area (Å²) in [7, 11) is 2.09. The molecule has 9 nitrogen and oxygen atoms in total. The van der Waals surface area contributed by atoms with E-state index >= 15 is 0 Å². The van der Waals surface area contributed by atoms with E-state index in [1.807, 2.05) is 25.1 Å². The number of rotatable bonds is 5. The highest BCUT2D eigenvalue weighted by molar-refractivity contribution is 7.89. The molecule has 0 bridgehead atoms. The van der Waals surface area contributed by atoms with Gasteiger partial charge in [-0.25, -0.2) is 18.4 Å². The van der Waals surface area contributed by atoms with E-state index in [2.05, 4.69) is 20.4 Å². The Morgan fingerprint density at radius 2 is 1.96 bits per heavy atom. The van der Waals surface area contributed by atoms with E-state index in [4.69, 9.17) is 0 Å². The summed E-state index contributed by atoms with van der Waals surface area (Å²) in [6.07, 6.45) is 5.90. The summed E-state index contributed by atoms with van der Waals surface area (Å²) in [5, 5.41) is 7.33. The Balaban J connectivity index is 1.61. The molecule has 0 aliphatic carbocycles. The largest absolute Gasteiger partial charge is 0.367 e. The average Bonchev–Trinajstić information content (AvgIpc) is 3.03. The van der Waals surface area contributed by atoms with Crippen molar-refractivity contribution >= 4 is 21.7 Å². The van der Waals surface area contributed by atoms with Gasteiger partial charge in [0.1, 0.15) is 22.9 Å². The van der Waals surface area contributed by atoms with Crippen molar-refractivity contribution in [3.63, 3.8) is 0 Å². The number of aromatic nitrogens is 4. The van der Waals surface area contributed by atoms with Gasteiger partial charge >= 0.3 is 0 Å². The molecule has 0 radical (unpaired) electrons. The van der Waals surface area contributed by atoms with Crippen molar-refractivity contribution in [2.75, 3.05) is 37.4 Å². The Morgan fingerprint density at radius 3 is 2.56 bits per heavy atom. The number of hydrogen-bond acceptors (Lipinski definition) is 7. The highest BCUT2D eigenvalue weighted by Crippen LogP contribution is 2.22. The smallest absolute Gasteiger partial charge is 0.246 e. The first-order valence-corrected chi connectivity index (χ1v) is 9.55. The lowest BCUT2D eigenvalue weighted by atomic mass is 10.1. The fourth-order valence-electron chi connectivity index (χ4n) is 2.80. The van der Waals surface area contributed by atoms with Crippen LogP contribution in [0.25, 0.3) is 0 Å². The van der Waals surface area contributed by atoms with Gasteiger partial charge in [-0.15, -0.1) is 0 Å². The summed E-state index contributed by atoms with van der Waals surface area (Å²) in [5.74, 6) is 1.58. The van der Waals surface area contributed by atoms with E-state index < -0.39 is 10.0 Å². The van der Waals surface area contributed by atoms with Crippen molar-refractivity contribution in [3.05, 3.63) is 24.8 Å². The lowest BCUT2D eigenvalue weighted by Gasteiger charge is -2.31. The third kappa shape index (κ3) is 3.90. The Hall–Kier alpha value is -2.20. The van der Waals surface area contributed by atoms with Gasteiger partial charge in [-0.3, -0.25) is 4.68 Å². The van der Waals surface area contributed by atoms with Crippen molar-refractivity contribution in [1.29, 1.82) is 0 Å². The first-order chi connectivity index (χ1) is 11.9. The number of nitrogens with zero attached hydrogens (tertiary/aromatic N) is 6. The molecule has 0 spiro atoms. The molecule has 1 aliphatic heterocycles. The summed E-state index contributed by atoms with van der Waals surface area (Å²) in [5.41, 5.74) is 0. The first-order valence-electron chi connectivity index (χ1n) is 8.11. The maximum absolute atomic E-state index is 12.6. The van der Waals surface area contributed by atoms with Gasteiger partial charge < -0.3 is 10.2 Å². The molecule has 0 amide bonds. The fourth-order valence-corrected chi connectivity index (χ4v) is 4.26. The number of anilines is 2. The minimum Gasteiger partial charge on any atom is -0.367 e. The maximum Gasteiger partial charge on any atom is 0.246 e. The van der Waals surface area contributed by atoms with Gasteiger partial charge in [0.05, 0.1) is 6.20 Å². The summed E-state index contributed by atoms with van der Waals surface area (Å²) in [6, 6.07) is 2.07. The molecule has 10 heteroatoms. The predicted octanol–water partition coefficient (Wildman–Crippen LogP) is 0.541. The van der Waals surface area contributed by atoms with Crippen LogP contribution in [0.4, 0.5) is 11.6 Å². The van der Waals surface area contributed by atoms with Crippen molar-refractivity contribution in [1.82, 2.24) is 24.1 Å². The molecule has 0 aromatic carbocycles. The second-order valence-electron chi connectivity index (χ2n) is 6.33. The number of piperidine rings is 1. The maximum atomic E-state index is 12.6. The Bertz CT molecular complexity index is 826. The summed E-state index contributed by atoms with van der Waals surface area (Å²) >= 11 is 0. The normalized spacial score (nSPS) is 16.8. The van der Waals surface area contributed by atoms with Crippen molar-refractivity contribution < 1.29 is 8.42 Å². The van der Waals surface area contributed by atoms with Crippen molar-refractivity contribution in [2.24, 2.45) is 7.05 Å². The predicted molar refractivity (Wildman–Crippen MR) is 95.0 cm³/mol. The molecule has 1 aliphatic rings. The van der Waals surface area contributed by atoms with Crippen LogP contribution in [0, 0.1) is 0 Å². The van der Waals surface area contributed by atoms with Crippen LogP contribution in [0.2, 0.25) is 0 Å². The number of aryl methyl sites for hydroxylation is 1. The van der Waals surface area contributed by atoms with Gasteiger partial charge in [0.15, 0.2) is 0 Å². The van der Waals surface area contributed by atoms with Gasteiger partial charge in [-0.1, -0.05) is 0 Å². The van der Waals surface area contributed by atoms with Gasteiger partial charge in [0.25, 0.3) is 0 Å². The van der Waals surface area contributed by atoms with Crippen LogP contribution >= 0.6 is 0 Å². The van der Waals surface area contributed by atoms with E-state index in [0.717, 1.165) is 24.5 Å². The molecule has 0 unspecified atom stereocenters. The second kappa shape index (κ2) is 6.96. The number of sulfonamides is 1. The summed E-state index contributed by atoms with van der Waals surface area (Å²) < 4.78 is 28.2. The van der Waals surface area contributed by atoms with Crippen LogP contribution in [0.5, 0.6) is 0 Å². The van der Waals surface area contributed by atoms with Gasteiger partial charge in [0, 0.05) is 52.5 Å².